The fourth-order valence-electron chi connectivity index (χ4n) is 2.38. The van der Waals surface area contributed by atoms with Crippen molar-refractivity contribution in [2.45, 2.75) is 19.4 Å². The molecule has 3 rings (SSSR count). The largest absolute Gasteiger partial charge is 0.489 e. The Labute approximate surface area is 126 Å². The molecule has 112 valence electrons. The normalized spacial score (nSPS) is 13.2. The number of nitrogens with zero attached hydrogens (tertiary/aromatic N) is 1. The van der Waals surface area contributed by atoms with Crippen LogP contribution in [0.4, 0.5) is 11.4 Å². The highest BCUT2D eigenvalue weighted by molar-refractivity contribution is 5.93. The van der Waals surface area contributed by atoms with Gasteiger partial charge in [-0.2, -0.15) is 0 Å². The third-order valence-corrected chi connectivity index (χ3v) is 3.50. The van der Waals surface area contributed by atoms with Crippen molar-refractivity contribution in [1.82, 2.24) is 0 Å². The van der Waals surface area contributed by atoms with Gasteiger partial charge in [0.05, 0.1) is 4.92 Å². The zero-order valence-corrected chi connectivity index (χ0v) is 11.7. The Hall–Kier alpha value is -2.89. The van der Waals surface area contributed by atoms with Crippen LogP contribution in [0.2, 0.25) is 0 Å². The van der Waals surface area contributed by atoms with Crippen LogP contribution >= 0.6 is 0 Å². The molecular weight excluding hydrogens is 284 g/mol. The first kappa shape index (κ1) is 14.1. The van der Waals surface area contributed by atoms with Gasteiger partial charge in [-0.15, -0.1) is 0 Å². The maximum atomic E-state index is 11.3. The SMILES string of the molecule is O=C1CCc2cc(OCc3cccc([N+](=O)[O-])c3)ccc2N1. The van der Waals surface area contributed by atoms with Gasteiger partial charge in [-0.05, 0) is 35.7 Å². The number of rotatable bonds is 4. The number of anilines is 1. The summed E-state index contributed by atoms with van der Waals surface area (Å²) in [4.78, 5) is 21.6. The highest BCUT2D eigenvalue weighted by Crippen LogP contribution is 2.27. The number of carbonyl (C=O) groups is 1. The quantitative estimate of drug-likeness (QED) is 0.694. The maximum Gasteiger partial charge on any atom is 0.269 e. The van der Waals surface area contributed by atoms with Crippen molar-refractivity contribution >= 4 is 17.3 Å². The van der Waals surface area contributed by atoms with Crippen LogP contribution in [0.15, 0.2) is 42.5 Å². The van der Waals surface area contributed by atoms with Gasteiger partial charge in [0.2, 0.25) is 5.91 Å². The second-order valence-corrected chi connectivity index (χ2v) is 5.08. The van der Waals surface area contributed by atoms with Crippen LogP contribution in [0, 0.1) is 10.1 Å². The standard InChI is InChI=1S/C16H14N2O4/c19-16-7-4-12-9-14(5-6-15(12)17-16)22-10-11-2-1-3-13(8-11)18(20)21/h1-3,5-6,8-9H,4,7,10H2,(H,17,19). The first-order valence-corrected chi connectivity index (χ1v) is 6.91. The van der Waals surface area contributed by atoms with Gasteiger partial charge >= 0.3 is 0 Å². The molecule has 0 saturated heterocycles. The Morgan fingerprint density at radius 2 is 2.05 bits per heavy atom. The molecular formula is C16H14N2O4. The van der Waals surface area contributed by atoms with Gasteiger partial charge < -0.3 is 10.1 Å². The van der Waals surface area contributed by atoms with Gasteiger partial charge in [0.1, 0.15) is 12.4 Å². The molecule has 0 spiro atoms. The average molecular weight is 298 g/mol. The first-order chi connectivity index (χ1) is 10.6. The molecule has 22 heavy (non-hydrogen) atoms. The Bertz CT molecular complexity index is 743. The van der Waals surface area contributed by atoms with Gasteiger partial charge in [-0.3, -0.25) is 14.9 Å². The molecule has 1 heterocycles. The van der Waals surface area contributed by atoms with Crippen molar-refractivity contribution in [3.05, 3.63) is 63.7 Å². The highest BCUT2D eigenvalue weighted by atomic mass is 16.6. The molecule has 1 amide bonds. The van der Waals surface area contributed by atoms with Crippen LogP contribution < -0.4 is 10.1 Å². The van der Waals surface area contributed by atoms with Crippen molar-refractivity contribution in [2.75, 3.05) is 5.32 Å². The summed E-state index contributed by atoms with van der Waals surface area (Å²) in [6, 6.07) is 11.9. The van der Waals surface area contributed by atoms with Crippen LogP contribution in [-0.2, 0) is 17.8 Å². The summed E-state index contributed by atoms with van der Waals surface area (Å²) in [6.07, 6.45) is 1.16. The van der Waals surface area contributed by atoms with Crippen molar-refractivity contribution in [2.24, 2.45) is 0 Å². The molecule has 0 unspecified atom stereocenters. The van der Waals surface area contributed by atoms with E-state index in [1.165, 1.54) is 12.1 Å². The molecule has 0 bridgehead atoms. The van der Waals surface area contributed by atoms with Crippen LogP contribution in [-0.4, -0.2) is 10.8 Å². The molecule has 1 N–H and O–H groups in total. The lowest BCUT2D eigenvalue weighted by Crippen LogP contribution is -2.18. The maximum absolute atomic E-state index is 11.3. The van der Waals surface area contributed by atoms with Gasteiger partial charge in [0, 0.05) is 24.2 Å². The highest BCUT2D eigenvalue weighted by Gasteiger charge is 2.15. The Kier molecular flexibility index (Phi) is 3.74. The molecule has 0 fully saturated rings. The van der Waals surface area contributed by atoms with Crippen molar-refractivity contribution in [3.8, 4) is 5.75 Å². The summed E-state index contributed by atoms with van der Waals surface area (Å²) < 4.78 is 5.68. The zero-order valence-electron chi connectivity index (χ0n) is 11.7. The number of ether oxygens (including phenoxy) is 1. The van der Waals surface area contributed by atoms with Crippen molar-refractivity contribution in [1.29, 1.82) is 0 Å². The van der Waals surface area contributed by atoms with E-state index in [1.54, 1.807) is 18.2 Å². The number of aryl methyl sites for hydroxylation is 1. The summed E-state index contributed by atoms with van der Waals surface area (Å²) in [5.41, 5.74) is 2.64. The minimum absolute atomic E-state index is 0.0257. The summed E-state index contributed by atoms with van der Waals surface area (Å²) in [5, 5.41) is 13.6. The van der Waals surface area contributed by atoms with E-state index in [0.29, 0.717) is 18.6 Å². The van der Waals surface area contributed by atoms with Gasteiger partial charge in [0.25, 0.3) is 5.69 Å². The minimum Gasteiger partial charge on any atom is -0.489 e. The van der Waals surface area contributed by atoms with E-state index >= 15 is 0 Å². The fourth-order valence-corrected chi connectivity index (χ4v) is 2.38. The number of nitro benzene ring substituents is 1. The van der Waals surface area contributed by atoms with Crippen LogP contribution in [0.5, 0.6) is 5.75 Å². The Balaban J connectivity index is 1.70. The molecule has 0 saturated carbocycles. The summed E-state index contributed by atoms with van der Waals surface area (Å²) in [5.74, 6) is 0.708. The van der Waals surface area contributed by atoms with Crippen LogP contribution in [0.25, 0.3) is 0 Å². The molecule has 0 aliphatic carbocycles. The number of hydrogen-bond donors (Lipinski definition) is 1. The third-order valence-electron chi connectivity index (χ3n) is 3.50. The zero-order chi connectivity index (χ0) is 15.5. The first-order valence-electron chi connectivity index (χ1n) is 6.91. The number of carbonyl (C=O) groups excluding carboxylic acids is 1. The molecule has 0 radical (unpaired) electrons. The van der Waals surface area contributed by atoms with Gasteiger partial charge in [-0.25, -0.2) is 0 Å². The monoisotopic (exact) mass is 298 g/mol. The van der Waals surface area contributed by atoms with Crippen molar-refractivity contribution in [3.63, 3.8) is 0 Å². The molecule has 6 heteroatoms. The average Bonchev–Trinajstić information content (AvgIpc) is 2.53. The number of fused-ring (bicyclic) bond motifs is 1. The Morgan fingerprint density at radius 3 is 2.86 bits per heavy atom. The predicted octanol–water partition coefficient (Wildman–Crippen LogP) is 3.06. The number of benzene rings is 2. The molecule has 1 aliphatic rings. The number of non-ortho nitro benzene ring substituents is 1. The molecule has 2 aromatic rings. The number of nitrogens with one attached hydrogen (secondary N) is 1. The fraction of sp³-hybridized carbons (Fsp3) is 0.188. The second kappa shape index (κ2) is 5.85. The lowest BCUT2D eigenvalue weighted by Gasteiger charge is -2.17. The second-order valence-electron chi connectivity index (χ2n) is 5.08. The van der Waals surface area contributed by atoms with E-state index < -0.39 is 4.92 Å². The van der Waals surface area contributed by atoms with Gasteiger partial charge in [0.15, 0.2) is 0 Å². The summed E-state index contributed by atoms with van der Waals surface area (Å²) in [6.45, 7) is 0.257. The van der Waals surface area contributed by atoms with E-state index in [9.17, 15) is 14.9 Å². The number of amides is 1. The summed E-state index contributed by atoms with van der Waals surface area (Å²) in [7, 11) is 0. The van der Waals surface area contributed by atoms with E-state index in [2.05, 4.69) is 5.32 Å². The lowest BCUT2D eigenvalue weighted by molar-refractivity contribution is -0.384. The molecule has 6 nitrogen and oxygen atoms in total. The van der Waals surface area contributed by atoms with Crippen molar-refractivity contribution < 1.29 is 14.5 Å². The van der Waals surface area contributed by atoms with Gasteiger partial charge in [-0.1, -0.05) is 12.1 Å². The van der Waals surface area contributed by atoms with E-state index in [-0.39, 0.29) is 18.2 Å². The number of hydrogen-bond acceptors (Lipinski definition) is 4. The predicted molar refractivity (Wildman–Crippen MR) is 80.8 cm³/mol. The third kappa shape index (κ3) is 3.06. The van der Waals surface area contributed by atoms with E-state index in [4.69, 9.17) is 4.74 Å². The van der Waals surface area contributed by atoms with Crippen LogP contribution in [0.3, 0.4) is 0 Å². The topological polar surface area (TPSA) is 81.5 Å². The lowest BCUT2D eigenvalue weighted by atomic mass is 10.0. The number of nitro groups is 1. The smallest absolute Gasteiger partial charge is 0.269 e. The molecule has 1 aliphatic heterocycles. The van der Waals surface area contributed by atoms with E-state index in [0.717, 1.165) is 16.8 Å². The Morgan fingerprint density at radius 1 is 1.18 bits per heavy atom. The van der Waals surface area contributed by atoms with E-state index in [1.807, 2.05) is 12.1 Å². The molecule has 2 aromatic carbocycles. The van der Waals surface area contributed by atoms with Crippen LogP contribution in [0.1, 0.15) is 17.5 Å². The minimum atomic E-state index is -0.426. The molecule has 0 aromatic heterocycles. The summed E-state index contributed by atoms with van der Waals surface area (Å²) >= 11 is 0. The molecule has 0 atom stereocenters.